The van der Waals surface area contributed by atoms with Gasteiger partial charge < -0.3 is 14.6 Å². The first-order chi connectivity index (χ1) is 12.0. The second-order valence-corrected chi connectivity index (χ2v) is 6.34. The zero-order valence-corrected chi connectivity index (χ0v) is 14.3. The molecule has 0 spiro atoms. The molecule has 25 heavy (non-hydrogen) atoms. The van der Waals surface area contributed by atoms with E-state index in [-0.39, 0.29) is 11.1 Å². The number of thiazole rings is 1. The lowest BCUT2D eigenvalue weighted by molar-refractivity contribution is 0.0848. The smallest absolute Gasteiger partial charge is 0.281 e. The van der Waals surface area contributed by atoms with Crippen LogP contribution < -0.4 is 21.3 Å². The zero-order valence-electron chi connectivity index (χ0n) is 13.5. The van der Waals surface area contributed by atoms with Gasteiger partial charge in [0.2, 0.25) is 5.56 Å². The third kappa shape index (κ3) is 4.03. The van der Waals surface area contributed by atoms with Gasteiger partial charge in [0, 0.05) is 25.4 Å². The minimum atomic E-state index is -0.528. The normalized spacial score (nSPS) is 14.2. The summed E-state index contributed by atoms with van der Waals surface area (Å²) in [5.41, 5.74) is 5.21. The van der Waals surface area contributed by atoms with Crippen LogP contribution in [-0.2, 0) is 4.74 Å². The lowest BCUT2D eigenvalue weighted by Gasteiger charge is -2.25. The number of hydrogen-bond acceptors (Lipinski definition) is 7. The number of pyridine rings is 1. The van der Waals surface area contributed by atoms with Crippen molar-refractivity contribution in [1.29, 1.82) is 0 Å². The Kier molecular flexibility index (Phi) is 5.10. The van der Waals surface area contributed by atoms with Crippen molar-refractivity contribution in [3.8, 4) is 0 Å². The second kappa shape index (κ2) is 7.45. The number of hydrazine groups is 1. The highest BCUT2D eigenvalue weighted by molar-refractivity contribution is 7.17. The van der Waals surface area contributed by atoms with E-state index in [1.165, 1.54) is 29.7 Å². The number of hydrogen-bond donors (Lipinski definition) is 3. The van der Waals surface area contributed by atoms with Crippen molar-refractivity contribution < 1.29 is 14.3 Å². The maximum atomic E-state index is 12.3. The number of H-pyrrole nitrogens is 1. The van der Waals surface area contributed by atoms with E-state index < -0.39 is 11.8 Å². The number of nitrogens with one attached hydrogen (secondary N) is 3. The molecule has 1 aliphatic rings. The summed E-state index contributed by atoms with van der Waals surface area (Å²) >= 11 is 1.27. The molecule has 9 nitrogen and oxygen atoms in total. The van der Waals surface area contributed by atoms with Crippen molar-refractivity contribution in [3.05, 3.63) is 44.8 Å². The minimum absolute atomic E-state index is 0.231. The van der Waals surface area contributed by atoms with Crippen LogP contribution in [0, 0.1) is 6.92 Å². The number of ether oxygens (including phenoxy) is 1. The van der Waals surface area contributed by atoms with Crippen molar-refractivity contribution in [3.63, 3.8) is 0 Å². The summed E-state index contributed by atoms with van der Waals surface area (Å²) in [4.78, 5) is 44.6. The van der Waals surface area contributed by atoms with Gasteiger partial charge in [-0.25, -0.2) is 4.98 Å². The fourth-order valence-electron chi connectivity index (χ4n) is 2.28. The summed E-state index contributed by atoms with van der Waals surface area (Å²) in [5.74, 6) is -0.965. The fourth-order valence-corrected chi connectivity index (χ4v) is 3.29. The lowest BCUT2D eigenvalue weighted by Crippen LogP contribution is -2.41. The van der Waals surface area contributed by atoms with Crippen LogP contribution in [0.15, 0.2) is 23.1 Å². The molecule has 0 bridgehead atoms. The molecule has 1 aliphatic heterocycles. The van der Waals surface area contributed by atoms with Crippen molar-refractivity contribution in [2.75, 3.05) is 31.2 Å². The Hall–Kier alpha value is -2.72. The van der Waals surface area contributed by atoms with Crippen LogP contribution in [0.5, 0.6) is 0 Å². The average molecular weight is 363 g/mol. The van der Waals surface area contributed by atoms with E-state index in [2.05, 4.69) is 25.7 Å². The van der Waals surface area contributed by atoms with Gasteiger partial charge in [0.05, 0.1) is 24.5 Å². The number of carbonyl (C=O) groups is 2. The summed E-state index contributed by atoms with van der Waals surface area (Å²) in [7, 11) is 0. The maximum Gasteiger partial charge on any atom is 0.281 e. The molecule has 0 aromatic carbocycles. The summed E-state index contributed by atoms with van der Waals surface area (Å²) in [6, 6.07) is 2.60. The molecule has 0 unspecified atom stereocenters. The lowest BCUT2D eigenvalue weighted by atomic mass is 10.3. The van der Waals surface area contributed by atoms with Crippen LogP contribution in [0.25, 0.3) is 0 Å². The SMILES string of the molecule is Cc1nc(N2CCOCC2)sc1C(=O)NNC(=O)c1ccc(=O)[nH]c1. The molecule has 1 fully saturated rings. The van der Waals surface area contributed by atoms with E-state index in [1.54, 1.807) is 6.92 Å². The summed E-state index contributed by atoms with van der Waals surface area (Å²) < 4.78 is 5.31. The van der Waals surface area contributed by atoms with Gasteiger partial charge in [-0.05, 0) is 13.0 Å². The van der Waals surface area contributed by atoms with Crippen LogP contribution >= 0.6 is 11.3 Å². The molecule has 3 heterocycles. The summed E-state index contributed by atoms with van der Waals surface area (Å²) in [5, 5.41) is 0.762. The van der Waals surface area contributed by atoms with Gasteiger partial charge in [0.15, 0.2) is 5.13 Å². The molecule has 2 aromatic heterocycles. The van der Waals surface area contributed by atoms with Crippen LogP contribution in [-0.4, -0.2) is 48.1 Å². The van der Waals surface area contributed by atoms with E-state index in [0.717, 1.165) is 18.2 Å². The molecule has 0 atom stereocenters. The number of amides is 2. The number of carbonyl (C=O) groups excluding carboxylic acids is 2. The van der Waals surface area contributed by atoms with E-state index in [1.807, 2.05) is 0 Å². The molecule has 2 aromatic rings. The van der Waals surface area contributed by atoms with Gasteiger partial charge in [-0.1, -0.05) is 11.3 Å². The molecule has 3 N–H and O–H groups in total. The Labute approximate surface area is 147 Å². The molecule has 2 amide bonds. The van der Waals surface area contributed by atoms with Crippen LogP contribution in [0.1, 0.15) is 25.7 Å². The topological polar surface area (TPSA) is 116 Å². The first-order valence-electron chi connectivity index (χ1n) is 7.64. The number of nitrogens with zero attached hydrogens (tertiary/aromatic N) is 2. The number of morpholine rings is 1. The first kappa shape index (κ1) is 17.1. The summed E-state index contributed by atoms with van der Waals surface area (Å²) in [6.07, 6.45) is 1.28. The van der Waals surface area contributed by atoms with Crippen LogP contribution in [0.4, 0.5) is 5.13 Å². The van der Waals surface area contributed by atoms with E-state index >= 15 is 0 Å². The van der Waals surface area contributed by atoms with Crippen molar-refractivity contribution in [2.45, 2.75) is 6.92 Å². The molecule has 10 heteroatoms. The summed E-state index contributed by atoms with van der Waals surface area (Å²) in [6.45, 7) is 4.48. The van der Waals surface area contributed by atoms with E-state index in [0.29, 0.717) is 23.8 Å². The van der Waals surface area contributed by atoms with Gasteiger partial charge in [-0.3, -0.25) is 25.2 Å². The third-order valence-corrected chi connectivity index (χ3v) is 4.83. The highest BCUT2D eigenvalue weighted by atomic mass is 32.1. The molecular weight excluding hydrogens is 346 g/mol. The molecule has 1 saturated heterocycles. The Balaban J connectivity index is 1.63. The Morgan fingerprint density at radius 1 is 1.24 bits per heavy atom. The standard InChI is InChI=1S/C15H17N5O4S/c1-9-12(25-15(17-9)20-4-6-24-7-5-20)14(23)19-18-13(22)10-2-3-11(21)16-8-10/h2-3,8H,4-7H2,1H3,(H,16,21)(H,18,22)(H,19,23). The Bertz CT molecular complexity index is 820. The Morgan fingerprint density at radius 3 is 2.64 bits per heavy atom. The minimum Gasteiger partial charge on any atom is -0.378 e. The van der Waals surface area contributed by atoms with Crippen LogP contribution in [0.2, 0.25) is 0 Å². The molecule has 132 valence electrons. The molecular formula is C15H17N5O4S. The van der Waals surface area contributed by atoms with Gasteiger partial charge in [-0.2, -0.15) is 0 Å². The van der Waals surface area contributed by atoms with Crippen molar-refractivity contribution in [2.24, 2.45) is 0 Å². The van der Waals surface area contributed by atoms with Gasteiger partial charge in [0.1, 0.15) is 4.88 Å². The maximum absolute atomic E-state index is 12.3. The van der Waals surface area contributed by atoms with E-state index in [4.69, 9.17) is 4.74 Å². The van der Waals surface area contributed by atoms with Crippen LogP contribution in [0.3, 0.4) is 0 Å². The van der Waals surface area contributed by atoms with E-state index in [9.17, 15) is 14.4 Å². The molecule has 0 aliphatic carbocycles. The van der Waals surface area contributed by atoms with Gasteiger partial charge in [-0.15, -0.1) is 0 Å². The fraction of sp³-hybridized carbons (Fsp3) is 0.333. The number of aryl methyl sites for hydroxylation is 1. The quantitative estimate of drug-likeness (QED) is 0.664. The highest BCUT2D eigenvalue weighted by Gasteiger charge is 2.20. The predicted octanol–water partition coefficient (Wildman–Crippen LogP) is 0.0512. The average Bonchev–Trinajstić information content (AvgIpc) is 3.02. The zero-order chi connectivity index (χ0) is 17.8. The number of anilines is 1. The van der Waals surface area contributed by atoms with Crippen molar-refractivity contribution in [1.82, 2.24) is 20.8 Å². The van der Waals surface area contributed by atoms with Crippen molar-refractivity contribution >= 4 is 28.3 Å². The van der Waals surface area contributed by atoms with Gasteiger partial charge >= 0.3 is 0 Å². The predicted molar refractivity (Wildman–Crippen MR) is 91.9 cm³/mol. The number of aromatic amines is 1. The first-order valence-corrected chi connectivity index (χ1v) is 8.46. The Morgan fingerprint density at radius 2 is 1.96 bits per heavy atom. The number of aromatic nitrogens is 2. The second-order valence-electron chi connectivity index (χ2n) is 5.36. The number of rotatable bonds is 3. The molecule has 0 saturated carbocycles. The van der Waals surface area contributed by atoms with Gasteiger partial charge in [0.25, 0.3) is 11.8 Å². The third-order valence-electron chi connectivity index (χ3n) is 3.61. The monoisotopic (exact) mass is 363 g/mol. The molecule has 0 radical (unpaired) electrons. The molecule has 3 rings (SSSR count). The largest absolute Gasteiger partial charge is 0.378 e. The highest BCUT2D eigenvalue weighted by Crippen LogP contribution is 2.26.